The summed E-state index contributed by atoms with van der Waals surface area (Å²) < 4.78 is 39.1. The van der Waals surface area contributed by atoms with Gasteiger partial charge in [0.25, 0.3) is 0 Å². The minimum absolute atomic E-state index is 0.0545. The Morgan fingerprint density at radius 2 is 1.61 bits per heavy atom. The number of hydrazine groups is 1. The van der Waals surface area contributed by atoms with E-state index in [0.29, 0.717) is 11.5 Å². The number of carbonyl (C=O) groups excluding carboxylic acids is 1. The fraction of sp³-hybridized carbons (Fsp3) is 0.250. The molecule has 0 spiro atoms. The molecule has 0 aliphatic carbocycles. The molecule has 0 atom stereocenters. The lowest BCUT2D eigenvalue weighted by atomic mass is 9.87. The first-order valence-corrected chi connectivity index (χ1v) is 15.1. The van der Waals surface area contributed by atoms with Crippen LogP contribution in [0.1, 0.15) is 32.0 Å². The number of aromatic nitrogens is 4. The largest absolute Gasteiger partial charge is 0.493 e. The predicted molar refractivity (Wildman–Crippen MR) is 155 cm³/mol. The number of para-hydroxylation sites is 2. The number of rotatable bonds is 10. The van der Waals surface area contributed by atoms with Gasteiger partial charge in [0.05, 0.1) is 17.8 Å². The van der Waals surface area contributed by atoms with E-state index in [1.54, 1.807) is 54.6 Å². The van der Waals surface area contributed by atoms with Gasteiger partial charge in [-0.15, -0.1) is 0 Å². The number of thioether (sulfide) groups is 1. The van der Waals surface area contributed by atoms with E-state index in [1.165, 1.54) is 19.5 Å². The lowest BCUT2D eigenvalue weighted by molar-refractivity contribution is -0.118. The molecule has 2 aromatic carbocycles. The first-order chi connectivity index (χ1) is 19.5. The number of nitrogens with zero attached hydrogens (tertiary/aromatic N) is 4. The molecule has 0 saturated carbocycles. The molecular weight excluding hydrogens is 564 g/mol. The highest BCUT2D eigenvalue weighted by atomic mass is 32.2. The molecule has 0 bridgehead atoms. The molecule has 2 heterocycles. The van der Waals surface area contributed by atoms with Crippen molar-refractivity contribution in [2.75, 3.05) is 12.9 Å². The van der Waals surface area contributed by atoms with Crippen LogP contribution in [0.2, 0.25) is 0 Å². The summed E-state index contributed by atoms with van der Waals surface area (Å²) in [5.41, 5.74) is 2.99. The van der Waals surface area contributed by atoms with Crippen LogP contribution in [0.15, 0.2) is 76.9 Å². The quantitative estimate of drug-likeness (QED) is 0.0895. The third kappa shape index (κ3) is 7.37. The molecule has 0 fully saturated rings. The standard InChI is InChI=1S/C28H30N6O5S2/c1-28(2,3)18-10-12-19(13-11-18)41(36,37)17-20-24(39-22-9-6-5-8-21(22)38-4)27(40-16-23(35)34-29)33-26(32-20)25-30-14-7-15-31-25/h5-15H,16-17,29H2,1-4H3,(H,34,35). The molecular formula is C28H30N6O5S2. The number of sulfone groups is 1. The van der Waals surface area contributed by atoms with Crippen LogP contribution in [0.5, 0.6) is 17.2 Å². The van der Waals surface area contributed by atoms with Crippen molar-refractivity contribution < 1.29 is 22.7 Å². The average Bonchev–Trinajstić information content (AvgIpc) is 2.97. The average molecular weight is 595 g/mol. The van der Waals surface area contributed by atoms with E-state index >= 15 is 0 Å². The van der Waals surface area contributed by atoms with Crippen LogP contribution < -0.4 is 20.7 Å². The van der Waals surface area contributed by atoms with Gasteiger partial charge in [-0.25, -0.2) is 34.2 Å². The molecule has 0 saturated heterocycles. The van der Waals surface area contributed by atoms with Crippen molar-refractivity contribution in [3.05, 3.63) is 78.2 Å². The zero-order valence-electron chi connectivity index (χ0n) is 23.0. The van der Waals surface area contributed by atoms with Crippen LogP contribution in [0.4, 0.5) is 0 Å². The molecule has 2 aromatic heterocycles. The van der Waals surface area contributed by atoms with Gasteiger partial charge in [0.1, 0.15) is 16.5 Å². The monoisotopic (exact) mass is 594 g/mol. The summed E-state index contributed by atoms with van der Waals surface area (Å²) in [6.45, 7) is 6.16. The molecule has 41 heavy (non-hydrogen) atoms. The van der Waals surface area contributed by atoms with Gasteiger partial charge in [0, 0.05) is 12.4 Å². The second kappa shape index (κ2) is 12.6. The van der Waals surface area contributed by atoms with Gasteiger partial charge in [-0.3, -0.25) is 10.2 Å². The van der Waals surface area contributed by atoms with E-state index < -0.39 is 21.5 Å². The highest BCUT2D eigenvalue weighted by Gasteiger charge is 2.27. The number of methoxy groups -OCH3 is 1. The summed E-state index contributed by atoms with van der Waals surface area (Å²) in [7, 11) is -2.42. The molecule has 214 valence electrons. The lowest BCUT2D eigenvalue weighted by Crippen LogP contribution is -2.31. The SMILES string of the molecule is COc1ccccc1Oc1c(CS(=O)(=O)c2ccc(C(C)(C)C)cc2)nc(-c2ncccn2)nc1SCC(=O)NN. The number of nitrogens with two attached hydrogens (primary N) is 1. The summed E-state index contributed by atoms with van der Waals surface area (Å²) in [5, 5.41) is 0.199. The molecule has 0 unspecified atom stereocenters. The number of carbonyl (C=O) groups is 1. The second-order valence-corrected chi connectivity index (χ2v) is 12.8. The first-order valence-electron chi connectivity index (χ1n) is 12.5. The number of hydrogen-bond donors (Lipinski definition) is 2. The van der Waals surface area contributed by atoms with E-state index in [0.717, 1.165) is 17.3 Å². The predicted octanol–water partition coefficient (Wildman–Crippen LogP) is 4.09. The normalized spacial score (nSPS) is 11.6. The van der Waals surface area contributed by atoms with Gasteiger partial charge in [0.2, 0.25) is 5.91 Å². The van der Waals surface area contributed by atoms with Crippen molar-refractivity contribution >= 4 is 27.5 Å². The molecule has 4 aromatic rings. The van der Waals surface area contributed by atoms with Crippen molar-refractivity contribution in [1.82, 2.24) is 25.4 Å². The first kappa shape index (κ1) is 29.9. The van der Waals surface area contributed by atoms with Gasteiger partial charge in [-0.1, -0.05) is 56.8 Å². The molecule has 0 aliphatic heterocycles. The number of benzene rings is 2. The van der Waals surface area contributed by atoms with Gasteiger partial charge >= 0.3 is 0 Å². The van der Waals surface area contributed by atoms with Crippen molar-refractivity contribution in [3.8, 4) is 28.9 Å². The summed E-state index contributed by atoms with van der Waals surface area (Å²) in [6.07, 6.45) is 3.04. The summed E-state index contributed by atoms with van der Waals surface area (Å²) in [5.74, 6) is 5.18. The van der Waals surface area contributed by atoms with Crippen LogP contribution >= 0.6 is 11.8 Å². The number of hydrogen-bond acceptors (Lipinski definition) is 11. The van der Waals surface area contributed by atoms with E-state index in [1.807, 2.05) is 0 Å². The Labute approximate surface area is 242 Å². The summed E-state index contributed by atoms with van der Waals surface area (Å²) >= 11 is 1.00. The van der Waals surface area contributed by atoms with Crippen molar-refractivity contribution in [3.63, 3.8) is 0 Å². The zero-order chi connectivity index (χ0) is 29.6. The molecule has 0 radical (unpaired) electrons. The van der Waals surface area contributed by atoms with E-state index in [2.05, 4.69) is 46.1 Å². The van der Waals surface area contributed by atoms with Gasteiger partial charge < -0.3 is 9.47 Å². The zero-order valence-corrected chi connectivity index (χ0v) is 24.6. The smallest absolute Gasteiger partial charge is 0.244 e. The van der Waals surface area contributed by atoms with E-state index in [9.17, 15) is 13.2 Å². The fourth-order valence-corrected chi connectivity index (χ4v) is 5.77. The number of ether oxygens (including phenoxy) is 2. The molecule has 0 aliphatic rings. The Bertz CT molecular complexity index is 1630. The second-order valence-electron chi connectivity index (χ2n) is 9.84. The number of nitrogens with one attached hydrogen (secondary N) is 1. The third-order valence-corrected chi connectivity index (χ3v) is 8.46. The highest BCUT2D eigenvalue weighted by molar-refractivity contribution is 8.00. The molecule has 3 N–H and O–H groups in total. The topological polar surface area (TPSA) is 159 Å². The Balaban J connectivity index is 1.87. The lowest BCUT2D eigenvalue weighted by Gasteiger charge is -2.19. The summed E-state index contributed by atoms with van der Waals surface area (Å²) in [4.78, 5) is 29.7. The maximum Gasteiger partial charge on any atom is 0.244 e. The Kier molecular flexibility index (Phi) is 9.21. The van der Waals surface area contributed by atoms with Crippen LogP contribution in [0, 0.1) is 0 Å². The van der Waals surface area contributed by atoms with E-state index in [4.69, 9.17) is 15.3 Å². The van der Waals surface area contributed by atoms with Gasteiger partial charge in [-0.2, -0.15) is 0 Å². The van der Waals surface area contributed by atoms with Crippen LogP contribution in [0.25, 0.3) is 11.6 Å². The van der Waals surface area contributed by atoms with Crippen LogP contribution in [-0.4, -0.2) is 47.1 Å². The van der Waals surface area contributed by atoms with Crippen molar-refractivity contribution in [2.45, 2.75) is 41.9 Å². The Morgan fingerprint density at radius 1 is 0.951 bits per heavy atom. The van der Waals surface area contributed by atoms with Gasteiger partial charge in [0.15, 0.2) is 38.7 Å². The number of amides is 1. The minimum Gasteiger partial charge on any atom is -0.493 e. The minimum atomic E-state index is -3.91. The maximum atomic E-state index is 13.7. The van der Waals surface area contributed by atoms with Crippen molar-refractivity contribution in [2.24, 2.45) is 5.84 Å². The van der Waals surface area contributed by atoms with Crippen LogP contribution in [0.3, 0.4) is 0 Å². The Morgan fingerprint density at radius 3 is 2.22 bits per heavy atom. The molecule has 13 heteroatoms. The molecule has 4 rings (SSSR count). The summed E-state index contributed by atoms with van der Waals surface area (Å²) in [6, 6.07) is 15.3. The highest BCUT2D eigenvalue weighted by Crippen LogP contribution is 2.39. The fourth-order valence-electron chi connectivity index (χ4n) is 3.70. The van der Waals surface area contributed by atoms with Crippen molar-refractivity contribution in [1.29, 1.82) is 0 Å². The molecule has 1 amide bonds. The van der Waals surface area contributed by atoms with Crippen LogP contribution in [-0.2, 0) is 25.8 Å². The third-order valence-electron chi connectivity index (χ3n) is 5.86. The maximum absolute atomic E-state index is 13.7. The molecule has 11 nitrogen and oxygen atoms in total. The van der Waals surface area contributed by atoms with E-state index in [-0.39, 0.29) is 44.2 Å². The Hall–Kier alpha value is -4.07. The van der Waals surface area contributed by atoms with Gasteiger partial charge in [-0.05, 0) is 41.3 Å².